The molecule has 3 aromatic rings. The van der Waals surface area contributed by atoms with Crippen LogP contribution in [0, 0.1) is 0 Å². The lowest BCUT2D eigenvalue weighted by Gasteiger charge is -2.21. The molecule has 35 heavy (non-hydrogen) atoms. The molecule has 4 heterocycles. The molecule has 1 N–H and O–H groups in total. The van der Waals surface area contributed by atoms with E-state index in [0.717, 1.165) is 55.1 Å². The number of amides is 1. The Labute approximate surface area is 203 Å². The number of nitrogens with zero attached hydrogens (tertiary/aromatic N) is 5. The molecule has 0 unspecified atom stereocenters. The van der Waals surface area contributed by atoms with E-state index in [1.807, 2.05) is 24.1 Å². The highest BCUT2D eigenvalue weighted by molar-refractivity contribution is 5.93. The van der Waals surface area contributed by atoms with Crippen LogP contribution in [-0.4, -0.2) is 65.9 Å². The summed E-state index contributed by atoms with van der Waals surface area (Å²) in [6.45, 7) is 1.44. The van der Waals surface area contributed by atoms with Crippen LogP contribution < -0.4 is 19.7 Å². The minimum absolute atomic E-state index is 0.0484. The Morgan fingerprint density at radius 1 is 1.23 bits per heavy atom. The molecule has 0 aromatic carbocycles. The molecule has 1 aliphatic carbocycles. The lowest BCUT2D eigenvalue weighted by atomic mass is 10.2. The molecule has 10 heteroatoms. The summed E-state index contributed by atoms with van der Waals surface area (Å²) in [5.74, 6) is 2.32. The van der Waals surface area contributed by atoms with E-state index in [1.54, 1.807) is 31.6 Å². The number of hydrogen-bond donors (Lipinski definition) is 1. The van der Waals surface area contributed by atoms with Crippen molar-refractivity contribution in [3.05, 3.63) is 47.9 Å². The monoisotopic (exact) mass is 476 g/mol. The Morgan fingerprint density at radius 3 is 2.91 bits per heavy atom. The number of nitrogens with one attached hydrogen (secondary N) is 1. The number of aryl methyl sites for hydroxylation is 1. The van der Waals surface area contributed by atoms with Crippen molar-refractivity contribution in [3.63, 3.8) is 0 Å². The lowest BCUT2D eigenvalue weighted by Crippen LogP contribution is -2.31. The molecule has 10 nitrogen and oxygen atoms in total. The number of anilines is 2. The molecule has 0 bridgehead atoms. The zero-order valence-electron chi connectivity index (χ0n) is 19.9. The van der Waals surface area contributed by atoms with Gasteiger partial charge in [-0.3, -0.25) is 9.78 Å². The summed E-state index contributed by atoms with van der Waals surface area (Å²) >= 11 is 0. The largest absolute Gasteiger partial charge is 0.488 e. The van der Waals surface area contributed by atoms with Crippen LogP contribution in [0.4, 0.5) is 11.5 Å². The second-order valence-corrected chi connectivity index (χ2v) is 8.62. The minimum Gasteiger partial charge on any atom is -0.488 e. The maximum Gasteiger partial charge on any atom is 0.243 e. The first-order valence-corrected chi connectivity index (χ1v) is 11.7. The van der Waals surface area contributed by atoms with E-state index in [2.05, 4.69) is 15.3 Å². The first kappa shape index (κ1) is 23.0. The molecular formula is C25H28N6O4. The van der Waals surface area contributed by atoms with Crippen molar-refractivity contribution in [1.82, 2.24) is 19.9 Å². The molecule has 0 radical (unpaired) electrons. The number of methoxy groups -OCH3 is 1. The second kappa shape index (κ2) is 10.2. The quantitative estimate of drug-likeness (QED) is 0.524. The molecule has 1 atom stereocenters. The van der Waals surface area contributed by atoms with E-state index in [9.17, 15) is 4.79 Å². The van der Waals surface area contributed by atoms with E-state index in [0.29, 0.717) is 29.7 Å². The van der Waals surface area contributed by atoms with Crippen molar-refractivity contribution >= 4 is 17.4 Å². The Morgan fingerprint density at radius 2 is 2.14 bits per heavy atom. The average Bonchev–Trinajstić information content (AvgIpc) is 3.56. The van der Waals surface area contributed by atoms with Crippen molar-refractivity contribution in [2.75, 3.05) is 44.1 Å². The third kappa shape index (κ3) is 5.32. The van der Waals surface area contributed by atoms with Crippen molar-refractivity contribution in [2.45, 2.75) is 31.8 Å². The van der Waals surface area contributed by atoms with Gasteiger partial charge in [-0.15, -0.1) is 0 Å². The molecule has 3 aromatic heterocycles. The van der Waals surface area contributed by atoms with Gasteiger partial charge in [0.2, 0.25) is 11.8 Å². The van der Waals surface area contributed by atoms with Gasteiger partial charge in [-0.25, -0.2) is 15.0 Å². The third-order valence-electron chi connectivity index (χ3n) is 6.03. The summed E-state index contributed by atoms with van der Waals surface area (Å²) in [6.07, 6.45) is 6.97. The summed E-state index contributed by atoms with van der Waals surface area (Å²) in [5.41, 5.74) is 3.34. The first-order chi connectivity index (χ1) is 17.1. The van der Waals surface area contributed by atoms with E-state index in [1.165, 1.54) is 0 Å². The Hall–Kier alpha value is -3.79. The third-order valence-corrected chi connectivity index (χ3v) is 6.03. The number of pyridine rings is 2. The van der Waals surface area contributed by atoms with Gasteiger partial charge in [-0.2, -0.15) is 0 Å². The van der Waals surface area contributed by atoms with Gasteiger partial charge in [-0.05, 0) is 31.4 Å². The number of aromatic nitrogens is 4. The number of likely N-dealkylation sites (N-methyl/N-ethyl adjacent to an activating group) is 1. The Kier molecular flexibility index (Phi) is 6.71. The van der Waals surface area contributed by atoms with Crippen LogP contribution in [0.15, 0.2) is 36.7 Å². The van der Waals surface area contributed by atoms with Crippen molar-refractivity contribution in [2.24, 2.45) is 0 Å². The van der Waals surface area contributed by atoms with Crippen molar-refractivity contribution < 1.29 is 19.0 Å². The highest BCUT2D eigenvalue weighted by Gasteiger charge is 2.24. The van der Waals surface area contributed by atoms with Gasteiger partial charge >= 0.3 is 0 Å². The Balaban J connectivity index is 1.34. The van der Waals surface area contributed by atoms with Gasteiger partial charge in [-0.1, -0.05) is 0 Å². The van der Waals surface area contributed by atoms with Gasteiger partial charge in [0.15, 0.2) is 5.82 Å². The predicted molar refractivity (Wildman–Crippen MR) is 130 cm³/mol. The first-order valence-electron chi connectivity index (χ1n) is 11.7. The van der Waals surface area contributed by atoms with Crippen LogP contribution in [0.3, 0.4) is 0 Å². The molecule has 2 aliphatic rings. The smallest absolute Gasteiger partial charge is 0.243 e. The minimum atomic E-state index is -0.168. The van der Waals surface area contributed by atoms with Gasteiger partial charge in [0.1, 0.15) is 23.4 Å². The number of hydrogen-bond acceptors (Lipinski definition) is 9. The lowest BCUT2D eigenvalue weighted by molar-refractivity contribution is -0.114. The summed E-state index contributed by atoms with van der Waals surface area (Å²) in [6, 6.07) is 7.15. The molecule has 1 aliphatic heterocycles. The number of carbonyl (C=O) groups excluding carboxylic acids is 1. The molecule has 1 saturated heterocycles. The maximum atomic E-state index is 12.7. The number of fused-ring (bicyclic) bond motifs is 1. The highest BCUT2D eigenvalue weighted by atomic mass is 16.5. The fraction of sp³-hybridized carbons (Fsp3) is 0.400. The molecule has 0 saturated carbocycles. The normalized spacial score (nSPS) is 16.6. The zero-order chi connectivity index (χ0) is 24.2. The number of carbonyl (C=O) groups is 1. The molecule has 0 spiro atoms. The summed E-state index contributed by atoms with van der Waals surface area (Å²) in [4.78, 5) is 32.8. The van der Waals surface area contributed by atoms with Gasteiger partial charge in [0, 0.05) is 43.1 Å². The standard InChI is InChI=1S/C25H28N6O4/c1-31(14-22(32)28-16-6-7-23(33-2)27-13-16)25-19-4-3-5-20(19)29-24(30-25)21-12-17(8-10-26-21)35-18-9-11-34-15-18/h6-8,10,12-13,18H,3-5,9,11,14-15H2,1-2H3,(H,28,32)/t18-/m1/s1. The van der Waals surface area contributed by atoms with Crippen LogP contribution in [0.5, 0.6) is 11.6 Å². The van der Waals surface area contributed by atoms with E-state index in [-0.39, 0.29) is 18.6 Å². The zero-order valence-corrected chi connectivity index (χ0v) is 19.9. The fourth-order valence-electron chi connectivity index (χ4n) is 4.31. The molecule has 1 amide bonds. The van der Waals surface area contributed by atoms with Crippen LogP contribution in [0.1, 0.15) is 24.1 Å². The summed E-state index contributed by atoms with van der Waals surface area (Å²) < 4.78 is 16.5. The van der Waals surface area contributed by atoms with Crippen LogP contribution in [0.2, 0.25) is 0 Å². The van der Waals surface area contributed by atoms with Gasteiger partial charge < -0.3 is 24.4 Å². The molecule has 182 valence electrons. The average molecular weight is 477 g/mol. The van der Waals surface area contributed by atoms with Crippen LogP contribution in [0.25, 0.3) is 11.5 Å². The van der Waals surface area contributed by atoms with Crippen LogP contribution in [-0.2, 0) is 22.4 Å². The highest BCUT2D eigenvalue weighted by Crippen LogP contribution is 2.31. The Bertz CT molecular complexity index is 1200. The maximum absolute atomic E-state index is 12.7. The van der Waals surface area contributed by atoms with E-state index in [4.69, 9.17) is 24.2 Å². The SMILES string of the molecule is COc1ccc(NC(=O)CN(C)c2nc(-c3cc(O[C@@H]4CCOC4)ccn3)nc3c2CCC3)cn1. The van der Waals surface area contributed by atoms with Crippen molar-refractivity contribution in [3.8, 4) is 23.1 Å². The molecular weight excluding hydrogens is 448 g/mol. The van der Waals surface area contributed by atoms with E-state index < -0.39 is 0 Å². The van der Waals surface area contributed by atoms with E-state index >= 15 is 0 Å². The van der Waals surface area contributed by atoms with Crippen molar-refractivity contribution in [1.29, 1.82) is 0 Å². The fourth-order valence-corrected chi connectivity index (χ4v) is 4.31. The van der Waals surface area contributed by atoms with Crippen LogP contribution >= 0.6 is 0 Å². The van der Waals surface area contributed by atoms with Gasteiger partial charge in [0.25, 0.3) is 0 Å². The summed E-state index contributed by atoms with van der Waals surface area (Å²) in [7, 11) is 3.41. The van der Waals surface area contributed by atoms with Gasteiger partial charge in [0.05, 0.1) is 38.8 Å². The second-order valence-electron chi connectivity index (χ2n) is 8.62. The summed E-state index contributed by atoms with van der Waals surface area (Å²) in [5, 5.41) is 2.87. The predicted octanol–water partition coefficient (Wildman–Crippen LogP) is 2.67. The molecule has 1 fully saturated rings. The number of rotatable bonds is 8. The topological polar surface area (TPSA) is 112 Å². The number of ether oxygens (including phenoxy) is 3. The molecule has 5 rings (SSSR count).